The van der Waals surface area contributed by atoms with Crippen LogP contribution in [0.3, 0.4) is 0 Å². The summed E-state index contributed by atoms with van der Waals surface area (Å²) in [6.45, 7) is 2.59. The van der Waals surface area contributed by atoms with Gasteiger partial charge in [0, 0.05) is 6.04 Å². The van der Waals surface area contributed by atoms with E-state index in [1.807, 2.05) is 0 Å². The van der Waals surface area contributed by atoms with Gasteiger partial charge in [0.2, 0.25) is 5.60 Å². The highest BCUT2D eigenvalue weighted by atomic mass is 19.4. The molecule has 0 heterocycles. The zero-order chi connectivity index (χ0) is 14.1. The van der Waals surface area contributed by atoms with E-state index >= 15 is 0 Å². The molecule has 2 unspecified atom stereocenters. The molecule has 2 atom stereocenters. The normalized spacial score (nSPS) is 17.1. The number of benzene rings is 1. The Balaban J connectivity index is 3.41. The number of hydrogen-bond donors (Lipinski definition) is 2. The van der Waals surface area contributed by atoms with Crippen LogP contribution < -0.4 is 10.5 Å². The van der Waals surface area contributed by atoms with Crippen LogP contribution in [0.2, 0.25) is 0 Å². The predicted molar refractivity (Wildman–Crippen MR) is 61.3 cm³/mol. The van der Waals surface area contributed by atoms with E-state index in [1.165, 1.54) is 32.2 Å². The van der Waals surface area contributed by atoms with Gasteiger partial charge in [0.1, 0.15) is 5.75 Å². The molecule has 0 saturated carbocycles. The second-order valence-electron chi connectivity index (χ2n) is 4.23. The van der Waals surface area contributed by atoms with Crippen LogP contribution in [-0.2, 0) is 5.60 Å². The first-order valence-electron chi connectivity index (χ1n) is 5.34. The number of rotatable bonds is 3. The lowest BCUT2D eigenvalue weighted by Gasteiger charge is -2.35. The monoisotopic (exact) mass is 263 g/mol. The number of alkyl halides is 3. The van der Waals surface area contributed by atoms with Crippen LogP contribution in [0.4, 0.5) is 13.2 Å². The molecule has 1 rings (SSSR count). The fraction of sp³-hybridized carbons (Fsp3) is 0.500. The molecule has 0 saturated heterocycles. The molecule has 0 fully saturated rings. The Morgan fingerprint density at radius 2 is 1.89 bits per heavy atom. The van der Waals surface area contributed by atoms with Crippen molar-refractivity contribution in [1.29, 1.82) is 0 Å². The molecule has 3 nitrogen and oxygen atoms in total. The fourth-order valence-corrected chi connectivity index (χ4v) is 1.85. The molecule has 0 aliphatic heterocycles. The lowest BCUT2D eigenvalue weighted by molar-refractivity contribution is -0.273. The number of aliphatic hydroxyl groups is 1. The van der Waals surface area contributed by atoms with Crippen LogP contribution in [-0.4, -0.2) is 24.4 Å². The first-order valence-corrected chi connectivity index (χ1v) is 5.34. The highest BCUT2D eigenvalue weighted by Crippen LogP contribution is 2.42. The average molecular weight is 263 g/mol. The van der Waals surface area contributed by atoms with E-state index in [9.17, 15) is 18.3 Å². The zero-order valence-electron chi connectivity index (χ0n) is 10.4. The molecule has 0 aliphatic rings. The van der Waals surface area contributed by atoms with E-state index in [-0.39, 0.29) is 11.1 Å². The van der Waals surface area contributed by atoms with Crippen LogP contribution in [0, 0.1) is 6.92 Å². The van der Waals surface area contributed by atoms with E-state index in [0.29, 0.717) is 5.75 Å². The van der Waals surface area contributed by atoms with Gasteiger partial charge in [-0.1, -0.05) is 6.07 Å². The first-order chi connectivity index (χ1) is 8.14. The average Bonchev–Trinajstić information content (AvgIpc) is 2.26. The molecular formula is C12H16F3NO2. The highest BCUT2D eigenvalue weighted by Gasteiger charge is 2.58. The molecule has 0 aliphatic carbocycles. The number of ether oxygens (including phenoxy) is 1. The third-order valence-corrected chi connectivity index (χ3v) is 2.94. The van der Waals surface area contributed by atoms with Gasteiger partial charge in [0.15, 0.2) is 0 Å². The summed E-state index contributed by atoms with van der Waals surface area (Å²) in [7, 11) is 1.41. The van der Waals surface area contributed by atoms with Gasteiger partial charge in [0.05, 0.1) is 7.11 Å². The molecule has 3 N–H and O–H groups in total. The van der Waals surface area contributed by atoms with Crippen LogP contribution in [0.25, 0.3) is 0 Å². The van der Waals surface area contributed by atoms with Gasteiger partial charge < -0.3 is 15.6 Å². The highest BCUT2D eigenvalue weighted by molar-refractivity contribution is 5.40. The van der Waals surface area contributed by atoms with E-state index in [1.54, 1.807) is 0 Å². The van der Waals surface area contributed by atoms with E-state index < -0.39 is 17.8 Å². The molecule has 1 aromatic carbocycles. The lowest BCUT2D eigenvalue weighted by Crippen LogP contribution is -2.54. The number of methoxy groups -OCH3 is 1. The third kappa shape index (κ3) is 2.30. The summed E-state index contributed by atoms with van der Waals surface area (Å²) in [5.74, 6) is 0.422. The quantitative estimate of drug-likeness (QED) is 0.878. The summed E-state index contributed by atoms with van der Waals surface area (Å²) in [4.78, 5) is 0. The summed E-state index contributed by atoms with van der Waals surface area (Å²) >= 11 is 0. The summed E-state index contributed by atoms with van der Waals surface area (Å²) < 4.78 is 44.0. The molecule has 18 heavy (non-hydrogen) atoms. The van der Waals surface area contributed by atoms with Gasteiger partial charge in [-0.25, -0.2) is 0 Å². The Morgan fingerprint density at radius 3 is 2.22 bits per heavy atom. The van der Waals surface area contributed by atoms with Crippen molar-refractivity contribution in [2.24, 2.45) is 5.73 Å². The lowest BCUT2D eigenvalue weighted by atomic mass is 9.84. The number of nitrogens with two attached hydrogens (primary N) is 1. The SMILES string of the molecule is COc1ccc(C(O)(C(C)N)C(F)(F)F)c(C)c1. The maximum absolute atomic E-state index is 13.0. The van der Waals surface area contributed by atoms with E-state index in [4.69, 9.17) is 10.5 Å². The Bertz CT molecular complexity index is 432. The molecule has 1 aromatic rings. The molecular weight excluding hydrogens is 247 g/mol. The molecule has 0 radical (unpaired) electrons. The van der Waals surface area contributed by atoms with E-state index in [0.717, 1.165) is 6.92 Å². The maximum atomic E-state index is 13.0. The molecule has 0 spiro atoms. The summed E-state index contributed by atoms with van der Waals surface area (Å²) in [6.07, 6.45) is -4.85. The zero-order valence-corrected chi connectivity index (χ0v) is 10.4. The Kier molecular flexibility index (Phi) is 3.92. The van der Waals surface area contributed by atoms with Crippen LogP contribution in [0.5, 0.6) is 5.75 Å². The maximum Gasteiger partial charge on any atom is 0.422 e. The topological polar surface area (TPSA) is 55.5 Å². The summed E-state index contributed by atoms with van der Waals surface area (Å²) in [5, 5.41) is 9.95. The van der Waals surface area contributed by atoms with Crippen molar-refractivity contribution >= 4 is 0 Å². The molecule has 0 amide bonds. The minimum Gasteiger partial charge on any atom is -0.497 e. The standard InChI is InChI=1S/C12H16F3NO2/c1-7-6-9(18-3)4-5-10(7)11(17,8(2)16)12(13,14)15/h4-6,8,17H,16H2,1-3H3. The summed E-state index contributed by atoms with van der Waals surface area (Å²) in [6, 6.07) is 2.49. The first kappa shape index (κ1) is 14.8. The van der Waals surface area contributed by atoms with Crippen LogP contribution >= 0.6 is 0 Å². The molecule has 0 bridgehead atoms. The summed E-state index contributed by atoms with van der Waals surface area (Å²) in [5.41, 5.74) is 2.27. The minimum absolute atomic E-state index is 0.259. The second-order valence-corrected chi connectivity index (χ2v) is 4.23. The number of halogens is 3. The predicted octanol–water partition coefficient (Wildman–Crippen LogP) is 2.10. The van der Waals surface area contributed by atoms with Crippen molar-refractivity contribution in [2.75, 3.05) is 7.11 Å². The van der Waals surface area contributed by atoms with Crippen LogP contribution in [0.1, 0.15) is 18.1 Å². The van der Waals surface area contributed by atoms with Crippen molar-refractivity contribution in [2.45, 2.75) is 31.7 Å². The van der Waals surface area contributed by atoms with Gasteiger partial charge in [-0.05, 0) is 37.1 Å². The van der Waals surface area contributed by atoms with Gasteiger partial charge >= 0.3 is 6.18 Å². The van der Waals surface area contributed by atoms with Gasteiger partial charge in [-0.3, -0.25) is 0 Å². The Morgan fingerprint density at radius 1 is 1.33 bits per heavy atom. The molecule has 6 heteroatoms. The van der Waals surface area contributed by atoms with Crippen molar-refractivity contribution in [1.82, 2.24) is 0 Å². The third-order valence-electron chi connectivity index (χ3n) is 2.94. The van der Waals surface area contributed by atoms with Crippen molar-refractivity contribution in [3.05, 3.63) is 29.3 Å². The van der Waals surface area contributed by atoms with Crippen LogP contribution in [0.15, 0.2) is 18.2 Å². The van der Waals surface area contributed by atoms with Gasteiger partial charge in [-0.15, -0.1) is 0 Å². The van der Waals surface area contributed by atoms with Crippen molar-refractivity contribution in [3.8, 4) is 5.75 Å². The smallest absolute Gasteiger partial charge is 0.422 e. The number of aryl methyl sites for hydroxylation is 1. The Hall–Kier alpha value is -1.27. The molecule has 0 aromatic heterocycles. The van der Waals surface area contributed by atoms with E-state index in [2.05, 4.69) is 0 Å². The second kappa shape index (κ2) is 4.78. The van der Waals surface area contributed by atoms with Crippen molar-refractivity contribution < 1.29 is 23.0 Å². The van der Waals surface area contributed by atoms with Gasteiger partial charge in [0.25, 0.3) is 0 Å². The Labute approximate surface area is 103 Å². The largest absolute Gasteiger partial charge is 0.497 e. The number of hydrogen-bond acceptors (Lipinski definition) is 3. The minimum atomic E-state index is -4.85. The fourth-order valence-electron chi connectivity index (χ4n) is 1.85. The van der Waals surface area contributed by atoms with Crippen molar-refractivity contribution in [3.63, 3.8) is 0 Å². The molecule has 102 valence electrons. The van der Waals surface area contributed by atoms with Gasteiger partial charge in [-0.2, -0.15) is 13.2 Å².